The molecule has 1 atom stereocenters. The fraction of sp³-hybridized carbons (Fsp3) is 0.818. The molecule has 0 saturated carbocycles. The normalized spacial score (nSPS) is 18.0. The zero-order valence-electron chi connectivity index (χ0n) is 9.99. The van der Waals surface area contributed by atoms with Crippen molar-refractivity contribution in [1.29, 1.82) is 0 Å². The van der Waals surface area contributed by atoms with Gasteiger partial charge >= 0.3 is 0 Å². The minimum atomic E-state index is -0.433. The molecule has 16 heavy (non-hydrogen) atoms. The van der Waals surface area contributed by atoms with Crippen molar-refractivity contribution in [2.24, 2.45) is 0 Å². The summed E-state index contributed by atoms with van der Waals surface area (Å²) in [6.07, 6.45) is 1.27. The van der Waals surface area contributed by atoms with Gasteiger partial charge in [-0.1, -0.05) is 6.92 Å². The Hall–Kier alpha value is -1.10. The molecule has 5 heteroatoms. The summed E-state index contributed by atoms with van der Waals surface area (Å²) in [6.45, 7) is 6.07. The van der Waals surface area contributed by atoms with Crippen molar-refractivity contribution in [3.8, 4) is 0 Å². The van der Waals surface area contributed by atoms with Crippen LogP contribution in [0.3, 0.4) is 0 Å². The van der Waals surface area contributed by atoms with Crippen molar-refractivity contribution in [3.05, 3.63) is 0 Å². The van der Waals surface area contributed by atoms with E-state index in [2.05, 4.69) is 5.32 Å². The summed E-state index contributed by atoms with van der Waals surface area (Å²) < 4.78 is 5.17. The minimum Gasteiger partial charge on any atom is -0.378 e. The summed E-state index contributed by atoms with van der Waals surface area (Å²) in [4.78, 5) is 25.0. The van der Waals surface area contributed by atoms with E-state index in [9.17, 15) is 9.59 Å². The first-order valence-corrected chi connectivity index (χ1v) is 5.81. The van der Waals surface area contributed by atoms with Gasteiger partial charge in [0.1, 0.15) is 6.04 Å². The van der Waals surface area contributed by atoms with E-state index in [1.165, 1.54) is 0 Å². The second-order valence-electron chi connectivity index (χ2n) is 3.98. The number of hydrogen-bond donors (Lipinski definition) is 1. The molecular weight excluding hydrogens is 208 g/mol. The molecule has 1 N–H and O–H groups in total. The average molecular weight is 228 g/mol. The first-order chi connectivity index (χ1) is 7.65. The molecule has 1 fully saturated rings. The Kier molecular flexibility index (Phi) is 5.25. The minimum absolute atomic E-state index is 0.0206. The van der Waals surface area contributed by atoms with Gasteiger partial charge in [-0.2, -0.15) is 0 Å². The summed E-state index contributed by atoms with van der Waals surface area (Å²) in [5, 5.41) is 2.71. The van der Waals surface area contributed by atoms with E-state index in [1.807, 2.05) is 6.92 Å². The fourth-order valence-corrected chi connectivity index (χ4v) is 1.66. The Morgan fingerprint density at radius 2 is 2.00 bits per heavy atom. The van der Waals surface area contributed by atoms with E-state index in [0.29, 0.717) is 32.7 Å². The monoisotopic (exact) mass is 228 g/mol. The number of carbonyl (C=O) groups excluding carboxylic acids is 2. The van der Waals surface area contributed by atoms with Crippen molar-refractivity contribution in [3.63, 3.8) is 0 Å². The first kappa shape index (κ1) is 13.0. The number of nitrogens with zero attached hydrogens (tertiary/aromatic N) is 1. The lowest BCUT2D eigenvalue weighted by molar-refractivity contribution is -0.139. The molecule has 1 aliphatic heterocycles. The van der Waals surface area contributed by atoms with Crippen LogP contribution in [0.4, 0.5) is 0 Å². The van der Waals surface area contributed by atoms with E-state index in [4.69, 9.17) is 4.74 Å². The molecule has 0 unspecified atom stereocenters. The maximum atomic E-state index is 11.9. The van der Waals surface area contributed by atoms with Crippen molar-refractivity contribution in [2.45, 2.75) is 32.7 Å². The quantitative estimate of drug-likeness (QED) is 0.745. The highest BCUT2D eigenvalue weighted by Crippen LogP contribution is 2.01. The SMILES string of the molecule is CCCC(=O)N[C@@H](C)C(=O)N1CCOCC1. The number of nitrogens with one attached hydrogen (secondary N) is 1. The molecule has 0 aromatic rings. The van der Waals surface area contributed by atoms with Crippen molar-refractivity contribution in [2.75, 3.05) is 26.3 Å². The van der Waals surface area contributed by atoms with Crippen molar-refractivity contribution >= 4 is 11.8 Å². The number of rotatable bonds is 4. The predicted octanol–water partition coefficient (Wildman–Crippen LogP) is 0.150. The highest BCUT2D eigenvalue weighted by molar-refractivity contribution is 5.87. The highest BCUT2D eigenvalue weighted by atomic mass is 16.5. The summed E-state index contributed by atoms with van der Waals surface area (Å²) in [6, 6.07) is -0.433. The third kappa shape index (κ3) is 3.81. The zero-order valence-corrected chi connectivity index (χ0v) is 9.99. The highest BCUT2D eigenvalue weighted by Gasteiger charge is 2.23. The van der Waals surface area contributed by atoms with Crippen LogP contribution < -0.4 is 5.32 Å². The maximum absolute atomic E-state index is 11.9. The van der Waals surface area contributed by atoms with Crippen LogP contribution in [-0.4, -0.2) is 49.1 Å². The number of amides is 2. The van der Waals surface area contributed by atoms with E-state index >= 15 is 0 Å². The summed E-state index contributed by atoms with van der Waals surface area (Å²) in [5.41, 5.74) is 0. The lowest BCUT2D eigenvalue weighted by atomic mass is 10.2. The number of carbonyl (C=O) groups is 2. The lowest BCUT2D eigenvalue weighted by Gasteiger charge is -2.29. The predicted molar refractivity (Wildman–Crippen MR) is 59.9 cm³/mol. The van der Waals surface area contributed by atoms with Gasteiger partial charge in [0.15, 0.2) is 0 Å². The van der Waals surface area contributed by atoms with Crippen LogP contribution in [0.5, 0.6) is 0 Å². The van der Waals surface area contributed by atoms with Gasteiger partial charge in [-0.3, -0.25) is 9.59 Å². The molecule has 0 spiro atoms. The van der Waals surface area contributed by atoms with E-state index in [-0.39, 0.29) is 11.8 Å². The van der Waals surface area contributed by atoms with Gasteiger partial charge in [0.2, 0.25) is 11.8 Å². The first-order valence-electron chi connectivity index (χ1n) is 5.81. The molecule has 0 bridgehead atoms. The zero-order chi connectivity index (χ0) is 12.0. The number of morpholine rings is 1. The van der Waals surface area contributed by atoms with Crippen LogP contribution >= 0.6 is 0 Å². The summed E-state index contributed by atoms with van der Waals surface area (Å²) in [5.74, 6) is -0.0793. The largest absolute Gasteiger partial charge is 0.378 e. The van der Waals surface area contributed by atoms with Gasteiger partial charge in [-0.05, 0) is 13.3 Å². The molecule has 2 amide bonds. The van der Waals surface area contributed by atoms with E-state index in [1.54, 1.807) is 11.8 Å². The summed E-state index contributed by atoms with van der Waals surface area (Å²) >= 11 is 0. The van der Waals surface area contributed by atoms with Crippen LogP contribution in [0, 0.1) is 0 Å². The average Bonchev–Trinajstić information content (AvgIpc) is 2.29. The van der Waals surface area contributed by atoms with Gasteiger partial charge in [-0.15, -0.1) is 0 Å². The smallest absolute Gasteiger partial charge is 0.245 e. The Bertz CT molecular complexity index is 250. The van der Waals surface area contributed by atoms with Gasteiger partial charge in [-0.25, -0.2) is 0 Å². The molecule has 1 heterocycles. The molecule has 5 nitrogen and oxygen atoms in total. The van der Waals surface area contributed by atoms with Crippen LogP contribution in [-0.2, 0) is 14.3 Å². The standard InChI is InChI=1S/C11H20N2O3/c1-3-4-10(14)12-9(2)11(15)13-5-7-16-8-6-13/h9H,3-8H2,1-2H3,(H,12,14)/t9-/m0/s1. The van der Waals surface area contributed by atoms with Crippen LogP contribution in [0.2, 0.25) is 0 Å². The Morgan fingerprint density at radius 1 is 1.38 bits per heavy atom. The molecule has 0 aliphatic carbocycles. The lowest BCUT2D eigenvalue weighted by Crippen LogP contribution is -2.50. The molecule has 1 aliphatic rings. The van der Waals surface area contributed by atoms with Gasteiger partial charge < -0.3 is 15.0 Å². The van der Waals surface area contributed by atoms with Crippen LogP contribution in [0.15, 0.2) is 0 Å². The maximum Gasteiger partial charge on any atom is 0.245 e. The van der Waals surface area contributed by atoms with Gasteiger partial charge in [0.05, 0.1) is 13.2 Å². The third-order valence-corrected chi connectivity index (χ3v) is 2.55. The molecule has 1 rings (SSSR count). The number of hydrogen-bond acceptors (Lipinski definition) is 3. The molecule has 1 saturated heterocycles. The Morgan fingerprint density at radius 3 is 2.56 bits per heavy atom. The van der Waals surface area contributed by atoms with Crippen LogP contribution in [0.25, 0.3) is 0 Å². The van der Waals surface area contributed by atoms with Crippen LogP contribution in [0.1, 0.15) is 26.7 Å². The third-order valence-electron chi connectivity index (χ3n) is 2.55. The van der Waals surface area contributed by atoms with Gasteiger partial charge in [0, 0.05) is 19.5 Å². The second kappa shape index (κ2) is 6.48. The molecule has 0 aromatic carbocycles. The fourth-order valence-electron chi connectivity index (χ4n) is 1.66. The van der Waals surface area contributed by atoms with Crippen molar-refractivity contribution in [1.82, 2.24) is 10.2 Å². The summed E-state index contributed by atoms with van der Waals surface area (Å²) in [7, 11) is 0. The Labute approximate surface area is 96.1 Å². The second-order valence-corrected chi connectivity index (χ2v) is 3.98. The topological polar surface area (TPSA) is 58.6 Å². The molecular formula is C11H20N2O3. The Balaban J connectivity index is 2.37. The van der Waals surface area contributed by atoms with E-state index in [0.717, 1.165) is 6.42 Å². The number of ether oxygens (including phenoxy) is 1. The molecule has 92 valence electrons. The molecule has 0 aromatic heterocycles. The van der Waals surface area contributed by atoms with E-state index < -0.39 is 6.04 Å². The molecule has 0 radical (unpaired) electrons. The van der Waals surface area contributed by atoms with Gasteiger partial charge in [0.25, 0.3) is 0 Å². The van der Waals surface area contributed by atoms with Crippen molar-refractivity contribution < 1.29 is 14.3 Å².